The Labute approximate surface area is 95.7 Å². The molecule has 0 fully saturated rings. The average Bonchev–Trinajstić information content (AvgIpc) is 2.81. The van der Waals surface area contributed by atoms with Crippen molar-refractivity contribution in [2.45, 2.75) is 37.4 Å². The van der Waals surface area contributed by atoms with E-state index < -0.39 is 12.6 Å². The number of alkyl halides is 3. The summed E-state index contributed by atoms with van der Waals surface area (Å²) in [5.41, 5.74) is 5.66. The van der Waals surface area contributed by atoms with E-state index >= 15 is 0 Å². The number of hydrogen-bond acceptors (Lipinski definition) is 4. The van der Waals surface area contributed by atoms with E-state index in [1.54, 1.807) is 0 Å². The van der Waals surface area contributed by atoms with Gasteiger partial charge in [-0.3, -0.25) is 0 Å². The predicted molar refractivity (Wildman–Crippen MR) is 53.1 cm³/mol. The smallest absolute Gasteiger partial charge is 0.339 e. The quantitative estimate of drug-likeness (QED) is 0.829. The third-order valence-corrected chi connectivity index (χ3v) is 2.55. The predicted octanol–water partition coefficient (Wildman–Crippen LogP) is 1.94. The average molecular weight is 247 g/mol. The Bertz CT molecular complexity index is 413. The molecule has 0 radical (unpaired) electrons. The van der Waals surface area contributed by atoms with Gasteiger partial charge in [-0.1, -0.05) is 17.3 Å². The number of aromatic nitrogens is 2. The van der Waals surface area contributed by atoms with Gasteiger partial charge in [0.2, 0.25) is 5.89 Å². The zero-order chi connectivity index (χ0) is 12.5. The molecule has 2 atom stereocenters. The highest BCUT2D eigenvalue weighted by Crippen LogP contribution is 2.27. The van der Waals surface area contributed by atoms with E-state index in [4.69, 9.17) is 10.3 Å². The van der Waals surface area contributed by atoms with Crippen LogP contribution >= 0.6 is 0 Å². The largest absolute Gasteiger partial charge is 0.389 e. The first-order valence-electron chi connectivity index (χ1n) is 5.27. The van der Waals surface area contributed by atoms with Gasteiger partial charge in [-0.05, 0) is 6.42 Å². The molecule has 2 rings (SSSR count). The van der Waals surface area contributed by atoms with Crippen molar-refractivity contribution in [1.29, 1.82) is 0 Å². The van der Waals surface area contributed by atoms with Gasteiger partial charge in [0.15, 0.2) is 5.82 Å². The number of aryl methyl sites for hydroxylation is 1. The van der Waals surface area contributed by atoms with Crippen LogP contribution in [0.25, 0.3) is 0 Å². The lowest BCUT2D eigenvalue weighted by atomic mass is 10.1. The standard InChI is InChI=1S/C10H12F3N3O/c11-10(12,13)4-3-8-15-9(17-16-8)6-1-2-7(14)5-6/h1-2,6-7H,3-5,14H2. The van der Waals surface area contributed by atoms with Crippen molar-refractivity contribution < 1.29 is 17.7 Å². The van der Waals surface area contributed by atoms with Crippen molar-refractivity contribution in [3.63, 3.8) is 0 Å². The van der Waals surface area contributed by atoms with E-state index in [1.165, 1.54) is 0 Å². The second kappa shape index (κ2) is 4.48. The van der Waals surface area contributed by atoms with Gasteiger partial charge in [-0.2, -0.15) is 18.2 Å². The third-order valence-electron chi connectivity index (χ3n) is 2.55. The lowest BCUT2D eigenvalue weighted by Gasteiger charge is -2.03. The highest BCUT2D eigenvalue weighted by atomic mass is 19.4. The summed E-state index contributed by atoms with van der Waals surface area (Å²) in [4.78, 5) is 3.95. The lowest BCUT2D eigenvalue weighted by molar-refractivity contribution is -0.134. The van der Waals surface area contributed by atoms with Crippen molar-refractivity contribution in [1.82, 2.24) is 10.1 Å². The molecular formula is C10H12F3N3O. The van der Waals surface area contributed by atoms with Gasteiger partial charge in [0.05, 0.1) is 12.3 Å². The summed E-state index contributed by atoms with van der Waals surface area (Å²) in [6, 6.07) is -0.0504. The fraction of sp³-hybridized carbons (Fsp3) is 0.600. The Morgan fingerprint density at radius 3 is 2.76 bits per heavy atom. The van der Waals surface area contributed by atoms with Crippen LogP contribution in [0, 0.1) is 0 Å². The highest BCUT2D eigenvalue weighted by molar-refractivity contribution is 5.15. The normalized spacial score (nSPS) is 24.5. The molecule has 0 aromatic carbocycles. The van der Waals surface area contributed by atoms with Crippen molar-refractivity contribution >= 4 is 0 Å². The Kier molecular flexibility index (Phi) is 3.19. The molecule has 0 saturated heterocycles. The molecule has 7 heteroatoms. The molecule has 1 aromatic rings. The minimum Gasteiger partial charge on any atom is -0.339 e. The molecule has 0 spiro atoms. The number of hydrogen-bond donors (Lipinski definition) is 1. The molecule has 94 valence electrons. The molecule has 1 aliphatic rings. The second-order valence-corrected chi connectivity index (χ2v) is 4.05. The van der Waals surface area contributed by atoms with E-state index in [-0.39, 0.29) is 24.2 Å². The van der Waals surface area contributed by atoms with Gasteiger partial charge in [0.25, 0.3) is 0 Å². The van der Waals surface area contributed by atoms with Gasteiger partial charge in [0.1, 0.15) is 0 Å². The number of allylic oxidation sites excluding steroid dienone is 1. The molecule has 0 bridgehead atoms. The summed E-state index contributed by atoms with van der Waals surface area (Å²) in [5, 5.41) is 3.53. The second-order valence-electron chi connectivity index (χ2n) is 4.05. The summed E-state index contributed by atoms with van der Waals surface area (Å²) in [5.74, 6) is 0.356. The van der Waals surface area contributed by atoms with Gasteiger partial charge < -0.3 is 10.3 Å². The van der Waals surface area contributed by atoms with Gasteiger partial charge in [-0.25, -0.2) is 0 Å². The Morgan fingerprint density at radius 1 is 1.41 bits per heavy atom. The van der Waals surface area contributed by atoms with Crippen LogP contribution in [0.1, 0.15) is 30.5 Å². The molecule has 1 aromatic heterocycles. The molecular weight excluding hydrogens is 235 g/mol. The Hall–Kier alpha value is -1.37. The van der Waals surface area contributed by atoms with Crippen molar-refractivity contribution in [2.24, 2.45) is 5.73 Å². The van der Waals surface area contributed by atoms with E-state index in [0.29, 0.717) is 12.3 Å². The molecule has 4 nitrogen and oxygen atoms in total. The van der Waals surface area contributed by atoms with Crippen LogP contribution in [-0.4, -0.2) is 22.4 Å². The molecule has 2 N–H and O–H groups in total. The number of halogens is 3. The maximum absolute atomic E-state index is 12.0. The summed E-state index contributed by atoms with van der Waals surface area (Å²) < 4.78 is 40.9. The van der Waals surface area contributed by atoms with Crippen LogP contribution in [0.3, 0.4) is 0 Å². The van der Waals surface area contributed by atoms with Crippen LogP contribution in [-0.2, 0) is 6.42 Å². The molecule has 1 heterocycles. The molecule has 0 saturated carbocycles. The van der Waals surface area contributed by atoms with E-state index in [1.807, 2.05) is 12.2 Å². The van der Waals surface area contributed by atoms with Crippen molar-refractivity contribution in [3.05, 3.63) is 23.9 Å². The van der Waals surface area contributed by atoms with Gasteiger partial charge in [-0.15, -0.1) is 0 Å². The maximum Gasteiger partial charge on any atom is 0.389 e. The molecule has 17 heavy (non-hydrogen) atoms. The first kappa shape index (κ1) is 12.1. The Morgan fingerprint density at radius 2 is 2.18 bits per heavy atom. The number of nitrogens with two attached hydrogens (primary N) is 1. The molecule has 2 unspecified atom stereocenters. The Balaban J connectivity index is 1.95. The fourth-order valence-electron chi connectivity index (χ4n) is 1.68. The minimum absolute atomic E-state index is 0.0504. The van der Waals surface area contributed by atoms with Crippen LogP contribution in [0.15, 0.2) is 16.7 Å². The third kappa shape index (κ3) is 3.29. The summed E-state index contributed by atoms with van der Waals surface area (Å²) in [7, 11) is 0. The van der Waals surface area contributed by atoms with Crippen molar-refractivity contribution in [2.75, 3.05) is 0 Å². The van der Waals surface area contributed by atoms with Crippen LogP contribution in [0.5, 0.6) is 0 Å². The lowest BCUT2D eigenvalue weighted by Crippen LogP contribution is -2.14. The summed E-state index contributed by atoms with van der Waals surface area (Å²) >= 11 is 0. The summed E-state index contributed by atoms with van der Waals surface area (Å²) in [6.07, 6.45) is -1.07. The number of nitrogens with zero attached hydrogens (tertiary/aromatic N) is 2. The summed E-state index contributed by atoms with van der Waals surface area (Å²) in [6.45, 7) is 0. The zero-order valence-corrected chi connectivity index (χ0v) is 8.94. The minimum atomic E-state index is -4.20. The van der Waals surface area contributed by atoms with Crippen LogP contribution in [0.4, 0.5) is 13.2 Å². The van der Waals surface area contributed by atoms with E-state index in [0.717, 1.165) is 0 Å². The fourth-order valence-corrected chi connectivity index (χ4v) is 1.68. The maximum atomic E-state index is 12.0. The van der Waals surface area contributed by atoms with Crippen molar-refractivity contribution in [3.8, 4) is 0 Å². The first-order valence-corrected chi connectivity index (χ1v) is 5.27. The zero-order valence-electron chi connectivity index (χ0n) is 8.94. The number of rotatable bonds is 3. The van der Waals surface area contributed by atoms with E-state index in [2.05, 4.69) is 10.1 Å². The van der Waals surface area contributed by atoms with E-state index in [9.17, 15) is 13.2 Å². The topological polar surface area (TPSA) is 64.9 Å². The molecule has 0 aliphatic heterocycles. The highest BCUT2D eigenvalue weighted by Gasteiger charge is 2.28. The van der Waals surface area contributed by atoms with Gasteiger partial charge >= 0.3 is 6.18 Å². The van der Waals surface area contributed by atoms with Crippen LogP contribution in [0.2, 0.25) is 0 Å². The molecule has 0 amide bonds. The van der Waals surface area contributed by atoms with Crippen LogP contribution < -0.4 is 5.73 Å². The monoisotopic (exact) mass is 247 g/mol. The molecule has 1 aliphatic carbocycles. The first-order chi connectivity index (χ1) is 7.94. The van der Waals surface area contributed by atoms with Gasteiger partial charge in [0, 0.05) is 12.5 Å². The SMILES string of the molecule is NC1C=CC(c2nc(CCC(F)(F)F)no2)C1.